The van der Waals surface area contributed by atoms with Crippen molar-refractivity contribution in [2.45, 2.75) is 69.7 Å². The highest BCUT2D eigenvalue weighted by molar-refractivity contribution is 6.02. The summed E-state index contributed by atoms with van der Waals surface area (Å²) in [6.45, 7) is 6.93. The van der Waals surface area contributed by atoms with E-state index in [0.29, 0.717) is 24.5 Å². The molecule has 4 aliphatic rings. The standard InChI is InChI=1S/C34H42N4O5/c1-3-37(4-2)21-22-38-30(32(40)36-23-11-7-5-8-12-23)34-20-19-27(43-34)28(29(34)33(38)41)31(39)35-24-15-17-26(18-16-24)42-25-13-9-6-10-14-25/h6,9-10,13-20,23,27-30H,3-5,7-8,11-12,21-22H2,1-2H3,(H,35,39)(H,36,40)/t27-,28-,29-,30-,34+/m1/s1. The van der Waals surface area contributed by atoms with Crippen molar-refractivity contribution < 1.29 is 23.9 Å². The van der Waals surface area contributed by atoms with Crippen LogP contribution >= 0.6 is 0 Å². The lowest BCUT2D eigenvalue weighted by Gasteiger charge is -2.34. The van der Waals surface area contributed by atoms with Crippen LogP contribution in [-0.4, -0.2) is 77.5 Å². The second-order valence-corrected chi connectivity index (χ2v) is 12.0. The molecule has 43 heavy (non-hydrogen) atoms. The summed E-state index contributed by atoms with van der Waals surface area (Å²) in [5.74, 6) is -0.775. The number of nitrogens with one attached hydrogen (secondary N) is 2. The van der Waals surface area contributed by atoms with Gasteiger partial charge in [-0.2, -0.15) is 0 Å². The molecule has 3 amide bonds. The third-order valence-electron chi connectivity index (χ3n) is 9.53. The topological polar surface area (TPSA) is 100 Å². The van der Waals surface area contributed by atoms with E-state index in [-0.39, 0.29) is 23.8 Å². The summed E-state index contributed by atoms with van der Waals surface area (Å²) in [5, 5.41) is 6.25. The zero-order chi connectivity index (χ0) is 30.0. The predicted molar refractivity (Wildman–Crippen MR) is 164 cm³/mol. The molecule has 3 heterocycles. The summed E-state index contributed by atoms with van der Waals surface area (Å²) in [7, 11) is 0. The first-order chi connectivity index (χ1) is 20.9. The molecule has 0 unspecified atom stereocenters. The smallest absolute Gasteiger partial charge is 0.246 e. The highest BCUT2D eigenvalue weighted by Crippen LogP contribution is 2.55. The Morgan fingerprint density at radius 2 is 1.67 bits per heavy atom. The fourth-order valence-electron chi connectivity index (χ4n) is 7.28. The number of likely N-dealkylation sites (tertiary alicyclic amines) is 1. The molecule has 2 bridgehead atoms. The maximum Gasteiger partial charge on any atom is 0.246 e. The van der Waals surface area contributed by atoms with Gasteiger partial charge in [-0.1, -0.05) is 63.5 Å². The molecule has 9 nitrogen and oxygen atoms in total. The van der Waals surface area contributed by atoms with E-state index in [1.165, 1.54) is 6.42 Å². The van der Waals surface area contributed by atoms with Gasteiger partial charge in [-0.05, 0) is 62.3 Å². The van der Waals surface area contributed by atoms with E-state index in [4.69, 9.17) is 9.47 Å². The molecule has 0 aromatic heterocycles. The Morgan fingerprint density at radius 3 is 2.37 bits per heavy atom. The summed E-state index contributed by atoms with van der Waals surface area (Å²) in [6, 6.07) is 15.9. The minimum atomic E-state index is -1.15. The summed E-state index contributed by atoms with van der Waals surface area (Å²) in [6.07, 6.45) is 8.43. The lowest BCUT2D eigenvalue weighted by molar-refractivity contribution is -0.141. The number of fused-ring (bicyclic) bond motifs is 1. The average molecular weight is 587 g/mol. The van der Waals surface area contributed by atoms with Crippen molar-refractivity contribution in [1.82, 2.24) is 15.1 Å². The molecule has 3 aliphatic heterocycles. The van der Waals surface area contributed by atoms with Gasteiger partial charge >= 0.3 is 0 Å². The van der Waals surface area contributed by atoms with Crippen LogP contribution in [0, 0.1) is 11.8 Å². The number of amides is 3. The molecule has 1 spiro atoms. The maximum atomic E-state index is 14.2. The molecule has 5 atom stereocenters. The lowest BCUT2D eigenvalue weighted by Crippen LogP contribution is -2.57. The fourth-order valence-corrected chi connectivity index (χ4v) is 7.28. The molecule has 2 saturated heterocycles. The Bertz CT molecular complexity index is 1340. The minimum absolute atomic E-state index is 0.104. The van der Waals surface area contributed by atoms with Crippen LogP contribution in [0.2, 0.25) is 0 Å². The van der Waals surface area contributed by atoms with Crippen molar-refractivity contribution in [1.29, 1.82) is 0 Å². The van der Waals surface area contributed by atoms with Crippen LogP contribution in [0.1, 0.15) is 46.0 Å². The number of likely N-dealkylation sites (N-methyl/N-ethyl adjacent to an activating group) is 1. The zero-order valence-corrected chi connectivity index (χ0v) is 25.0. The van der Waals surface area contributed by atoms with Crippen molar-refractivity contribution in [3.05, 3.63) is 66.7 Å². The van der Waals surface area contributed by atoms with Gasteiger partial charge in [0.25, 0.3) is 0 Å². The number of anilines is 1. The van der Waals surface area contributed by atoms with E-state index in [9.17, 15) is 14.4 Å². The summed E-state index contributed by atoms with van der Waals surface area (Å²) < 4.78 is 12.4. The van der Waals surface area contributed by atoms with Gasteiger partial charge in [-0.3, -0.25) is 14.4 Å². The van der Waals surface area contributed by atoms with E-state index in [2.05, 4.69) is 29.4 Å². The third kappa shape index (κ3) is 5.68. The number of carbonyl (C=O) groups is 3. The van der Waals surface area contributed by atoms with E-state index in [1.807, 2.05) is 42.5 Å². The average Bonchev–Trinajstić information content (AvgIpc) is 3.67. The number of carbonyl (C=O) groups excluding carboxylic acids is 3. The molecule has 1 aliphatic carbocycles. The van der Waals surface area contributed by atoms with Crippen molar-refractivity contribution in [3.8, 4) is 11.5 Å². The normalized spacial score (nSPS) is 27.9. The van der Waals surface area contributed by atoms with E-state index < -0.39 is 29.6 Å². The van der Waals surface area contributed by atoms with Crippen molar-refractivity contribution in [2.24, 2.45) is 11.8 Å². The molecular weight excluding hydrogens is 544 g/mol. The zero-order valence-electron chi connectivity index (χ0n) is 25.0. The summed E-state index contributed by atoms with van der Waals surface area (Å²) >= 11 is 0. The van der Waals surface area contributed by atoms with Crippen LogP contribution in [0.15, 0.2) is 66.7 Å². The van der Waals surface area contributed by atoms with E-state index >= 15 is 0 Å². The molecule has 228 valence electrons. The van der Waals surface area contributed by atoms with Gasteiger partial charge in [0.05, 0.1) is 17.9 Å². The number of para-hydroxylation sites is 1. The molecule has 3 fully saturated rings. The number of rotatable bonds is 11. The predicted octanol–water partition coefficient (Wildman–Crippen LogP) is 4.36. The molecule has 6 rings (SSSR count). The van der Waals surface area contributed by atoms with Crippen molar-refractivity contribution >= 4 is 23.4 Å². The Kier molecular flexibility index (Phi) is 8.54. The van der Waals surface area contributed by atoms with Crippen LogP contribution < -0.4 is 15.4 Å². The largest absolute Gasteiger partial charge is 0.457 e. The molecule has 9 heteroatoms. The minimum Gasteiger partial charge on any atom is -0.457 e. The summed E-state index contributed by atoms with van der Waals surface area (Å²) in [5.41, 5.74) is -0.555. The fraction of sp³-hybridized carbons (Fsp3) is 0.500. The van der Waals surface area contributed by atoms with Gasteiger partial charge < -0.3 is 29.9 Å². The SMILES string of the molecule is CCN(CC)CCN1C(=O)[C@H]2[C@H](C(=O)Nc3ccc(Oc4ccccc4)cc3)[C@H]3C=C[C@@]2(O3)[C@H]1C(=O)NC1CCCCC1. The van der Waals surface area contributed by atoms with E-state index in [0.717, 1.165) is 44.5 Å². The first kappa shape index (κ1) is 29.4. The van der Waals surface area contributed by atoms with Crippen LogP contribution in [0.25, 0.3) is 0 Å². The first-order valence-corrected chi connectivity index (χ1v) is 15.8. The molecule has 2 aromatic carbocycles. The number of ether oxygens (including phenoxy) is 2. The second kappa shape index (κ2) is 12.5. The summed E-state index contributed by atoms with van der Waals surface area (Å²) in [4.78, 5) is 45.8. The van der Waals surface area contributed by atoms with Crippen LogP contribution in [0.3, 0.4) is 0 Å². The van der Waals surface area contributed by atoms with Gasteiger partial charge in [0.15, 0.2) is 0 Å². The number of nitrogens with zero attached hydrogens (tertiary/aromatic N) is 2. The highest BCUT2D eigenvalue weighted by Gasteiger charge is 2.72. The van der Waals surface area contributed by atoms with Crippen LogP contribution in [0.4, 0.5) is 5.69 Å². The monoisotopic (exact) mass is 586 g/mol. The van der Waals surface area contributed by atoms with E-state index in [1.54, 1.807) is 29.2 Å². The van der Waals surface area contributed by atoms with Gasteiger partial charge in [-0.15, -0.1) is 0 Å². The number of benzene rings is 2. The molecule has 1 saturated carbocycles. The first-order valence-electron chi connectivity index (χ1n) is 15.8. The quantitative estimate of drug-likeness (QED) is 0.380. The maximum absolute atomic E-state index is 14.2. The molecule has 2 N–H and O–H groups in total. The van der Waals surface area contributed by atoms with Gasteiger partial charge in [0, 0.05) is 24.8 Å². The lowest BCUT2D eigenvalue weighted by atomic mass is 9.74. The van der Waals surface area contributed by atoms with Gasteiger partial charge in [0.2, 0.25) is 17.7 Å². The van der Waals surface area contributed by atoms with Crippen LogP contribution in [-0.2, 0) is 19.1 Å². The van der Waals surface area contributed by atoms with Crippen LogP contribution in [0.5, 0.6) is 11.5 Å². The van der Waals surface area contributed by atoms with Crippen molar-refractivity contribution in [2.75, 3.05) is 31.5 Å². The molecular formula is C34H42N4O5. The van der Waals surface area contributed by atoms with Crippen molar-refractivity contribution in [3.63, 3.8) is 0 Å². The Morgan fingerprint density at radius 1 is 0.977 bits per heavy atom. The Hall–Kier alpha value is -3.69. The second-order valence-electron chi connectivity index (χ2n) is 12.0. The van der Waals surface area contributed by atoms with Gasteiger partial charge in [0.1, 0.15) is 23.1 Å². The third-order valence-corrected chi connectivity index (χ3v) is 9.53. The molecule has 0 radical (unpaired) electrons. The Balaban J connectivity index is 1.21. The van der Waals surface area contributed by atoms with Gasteiger partial charge in [-0.25, -0.2) is 0 Å². The molecule has 2 aromatic rings. The number of hydrogen-bond acceptors (Lipinski definition) is 6. The number of hydrogen-bond donors (Lipinski definition) is 2. The highest BCUT2D eigenvalue weighted by atomic mass is 16.5. The Labute approximate surface area is 253 Å².